The van der Waals surface area contributed by atoms with E-state index in [0.29, 0.717) is 18.1 Å². The molecule has 2 aliphatic heterocycles. The van der Waals surface area contributed by atoms with Crippen LogP contribution in [0.5, 0.6) is 0 Å². The average Bonchev–Trinajstić information content (AvgIpc) is 2.88. The molecular weight excluding hydrogens is 279 g/mol. The van der Waals surface area contributed by atoms with Crippen molar-refractivity contribution in [3.8, 4) is 0 Å². The van der Waals surface area contributed by atoms with E-state index in [1.54, 1.807) is 12.1 Å². The smallest absolute Gasteiger partial charge is 0.128 e. The zero-order valence-electron chi connectivity index (χ0n) is 14.3. The first-order valence-corrected chi connectivity index (χ1v) is 8.28. The van der Waals surface area contributed by atoms with Crippen LogP contribution < -0.4 is 0 Å². The van der Waals surface area contributed by atoms with Gasteiger partial charge in [0.2, 0.25) is 0 Å². The number of hydrogen-bond acceptors (Lipinski definition) is 2. The van der Waals surface area contributed by atoms with E-state index in [4.69, 9.17) is 9.47 Å². The van der Waals surface area contributed by atoms with Crippen LogP contribution in [0.25, 0.3) is 0 Å². The maximum absolute atomic E-state index is 13.8. The summed E-state index contributed by atoms with van der Waals surface area (Å²) < 4.78 is 26.6. The van der Waals surface area contributed by atoms with Crippen molar-refractivity contribution >= 4 is 0 Å². The lowest BCUT2D eigenvalue weighted by Gasteiger charge is -2.46. The van der Waals surface area contributed by atoms with Crippen molar-refractivity contribution < 1.29 is 13.9 Å². The number of halogens is 1. The van der Waals surface area contributed by atoms with Gasteiger partial charge in [0.05, 0.1) is 23.9 Å². The van der Waals surface area contributed by atoms with Gasteiger partial charge in [-0.25, -0.2) is 4.39 Å². The second kappa shape index (κ2) is 5.04. The summed E-state index contributed by atoms with van der Waals surface area (Å²) in [6.07, 6.45) is 2.07. The van der Waals surface area contributed by atoms with Gasteiger partial charge in [-0.2, -0.15) is 0 Å². The minimum absolute atomic E-state index is 0.0178. The maximum atomic E-state index is 13.8. The van der Waals surface area contributed by atoms with Crippen molar-refractivity contribution in [3.05, 3.63) is 35.6 Å². The summed E-state index contributed by atoms with van der Waals surface area (Å²) in [4.78, 5) is 0. The third kappa shape index (κ3) is 2.05. The Labute approximate surface area is 133 Å². The molecule has 1 aromatic carbocycles. The van der Waals surface area contributed by atoms with E-state index in [0.717, 1.165) is 12.8 Å². The average molecular weight is 306 g/mol. The number of ether oxygens (including phenoxy) is 2. The van der Waals surface area contributed by atoms with Crippen LogP contribution in [0, 0.1) is 17.2 Å². The van der Waals surface area contributed by atoms with Crippen LogP contribution in [-0.4, -0.2) is 17.3 Å². The fourth-order valence-corrected chi connectivity index (χ4v) is 4.90. The lowest BCUT2D eigenvalue weighted by molar-refractivity contribution is -0.0974. The zero-order chi connectivity index (χ0) is 16.2. The molecule has 0 aromatic heterocycles. The molecule has 3 rings (SSSR count). The Kier molecular flexibility index (Phi) is 3.65. The van der Waals surface area contributed by atoms with Gasteiger partial charge in [0.1, 0.15) is 5.82 Å². The first-order chi connectivity index (χ1) is 10.2. The SMILES string of the molecule is CC(C)C12CCC(C)(O1)C(OCc1ccccc1F)C2(C)C. The normalized spacial score (nSPS) is 36.2. The van der Waals surface area contributed by atoms with Gasteiger partial charge < -0.3 is 9.47 Å². The summed E-state index contributed by atoms with van der Waals surface area (Å²) in [5.74, 6) is 0.236. The van der Waals surface area contributed by atoms with Crippen LogP contribution in [-0.2, 0) is 16.1 Å². The topological polar surface area (TPSA) is 18.5 Å². The van der Waals surface area contributed by atoms with Gasteiger partial charge in [-0.3, -0.25) is 0 Å². The summed E-state index contributed by atoms with van der Waals surface area (Å²) in [5, 5.41) is 0. The van der Waals surface area contributed by atoms with E-state index in [1.165, 1.54) is 6.07 Å². The molecule has 3 heteroatoms. The van der Waals surface area contributed by atoms with Crippen molar-refractivity contribution in [2.75, 3.05) is 0 Å². The molecule has 0 spiro atoms. The maximum Gasteiger partial charge on any atom is 0.128 e. The highest BCUT2D eigenvalue weighted by atomic mass is 19.1. The Morgan fingerprint density at radius 3 is 2.50 bits per heavy atom. The minimum Gasteiger partial charge on any atom is -0.370 e. The Hall–Kier alpha value is -0.930. The second-order valence-electron chi connectivity index (χ2n) is 7.96. The van der Waals surface area contributed by atoms with E-state index >= 15 is 0 Å². The molecule has 2 bridgehead atoms. The third-order valence-corrected chi connectivity index (χ3v) is 6.00. The summed E-state index contributed by atoms with van der Waals surface area (Å²) >= 11 is 0. The van der Waals surface area contributed by atoms with Crippen LogP contribution >= 0.6 is 0 Å². The first-order valence-electron chi connectivity index (χ1n) is 8.28. The van der Waals surface area contributed by atoms with Crippen LogP contribution in [0.1, 0.15) is 53.0 Å². The van der Waals surface area contributed by atoms with Crippen molar-refractivity contribution in [1.29, 1.82) is 0 Å². The Morgan fingerprint density at radius 1 is 1.23 bits per heavy atom. The number of hydrogen-bond donors (Lipinski definition) is 0. The molecule has 22 heavy (non-hydrogen) atoms. The van der Waals surface area contributed by atoms with Gasteiger partial charge in [-0.1, -0.05) is 45.9 Å². The second-order valence-corrected chi connectivity index (χ2v) is 7.96. The largest absolute Gasteiger partial charge is 0.370 e. The highest BCUT2D eigenvalue weighted by molar-refractivity contribution is 5.20. The Morgan fingerprint density at radius 2 is 1.91 bits per heavy atom. The van der Waals surface area contributed by atoms with E-state index in [2.05, 4.69) is 34.6 Å². The molecule has 2 heterocycles. The molecule has 0 amide bonds. The van der Waals surface area contributed by atoms with Crippen LogP contribution in [0.3, 0.4) is 0 Å². The summed E-state index contributed by atoms with van der Waals surface area (Å²) in [5.41, 5.74) is 0.128. The first kappa shape index (κ1) is 15.9. The molecule has 1 aromatic rings. The molecular formula is C19H27FO2. The van der Waals surface area contributed by atoms with E-state index < -0.39 is 0 Å². The molecule has 3 atom stereocenters. The van der Waals surface area contributed by atoms with E-state index in [9.17, 15) is 4.39 Å². The number of benzene rings is 1. The molecule has 0 N–H and O–H groups in total. The summed E-state index contributed by atoms with van der Waals surface area (Å²) in [6.45, 7) is 11.4. The predicted molar refractivity (Wildman–Crippen MR) is 85.1 cm³/mol. The van der Waals surface area contributed by atoms with Crippen molar-refractivity contribution in [1.82, 2.24) is 0 Å². The summed E-state index contributed by atoms with van der Waals surface area (Å²) in [6, 6.07) is 6.83. The quantitative estimate of drug-likeness (QED) is 0.801. The van der Waals surface area contributed by atoms with Gasteiger partial charge in [0.25, 0.3) is 0 Å². The summed E-state index contributed by atoms with van der Waals surface area (Å²) in [7, 11) is 0. The Bertz CT molecular complexity index is 568. The van der Waals surface area contributed by atoms with Gasteiger partial charge >= 0.3 is 0 Å². The van der Waals surface area contributed by atoms with Crippen LogP contribution in [0.2, 0.25) is 0 Å². The van der Waals surface area contributed by atoms with Gasteiger partial charge in [0, 0.05) is 11.0 Å². The van der Waals surface area contributed by atoms with E-state index in [-0.39, 0.29) is 28.5 Å². The Balaban J connectivity index is 1.84. The molecule has 0 aliphatic carbocycles. The lowest BCUT2D eigenvalue weighted by atomic mass is 9.59. The highest BCUT2D eigenvalue weighted by Gasteiger charge is 2.70. The molecule has 2 fully saturated rings. The van der Waals surface area contributed by atoms with Crippen LogP contribution in [0.4, 0.5) is 4.39 Å². The fourth-order valence-electron chi connectivity index (χ4n) is 4.90. The highest BCUT2D eigenvalue weighted by Crippen LogP contribution is 2.64. The monoisotopic (exact) mass is 306 g/mol. The molecule has 2 nitrogen and oxygen atoms in total. The number of rotatable bonds is 4. The number of fused-ring (bicyclic) bond motifs is 2. The van der Waals surface area contributed by atoms with E-state index in [1.807, 2.05) is 6.07 Å². The molecule has 0 saturated carbocycles. The van der Waals surface area contributed by atoms with Gasteiger partial charge in [0.15, 0.2) is 0 Å². The minimum atomic E-state index is -0.265. The van der Waals surface area contributed by atoms with Crippen molar-refractivity contribution in [3.63, 3.8) is 0 Å². The molecule has 3 unspecified atom stereocenters. The molecule has 122 valence electrons. The van der Waals surface area contributed by atoms with Crippen LogP contribution in [0.15, 0.2) is 24.3 Å². The molecule has 2 saturated heterocycles. The molecule has 0 radical (unpaired) electrons. The third-order valence-electron chi connectivity index (χ3n) is 6.00. The van der Waals surface area contributed by atoms with Gasteiger partial charge in [-0.15, -0.1) is 0 Å². The predicted octanol–water partition coefficient (Wildman–Crippen LogP) is 4.71. The lowest BCUT2D eigenvalue weighted by Crippen LogP contribution is -2.53. The van der Waals surface area contributed by atoms with Crippen molar-refractivity contribution in [2.24, 2.45) is 11.3 Å². The standard InChI is InChI=1S/C19H27FO2/c1-13(2)19-11-10-18(5,22-19)16(17(19,3)4)21-12-14-8-6-7-9-15(14)20/h6-9,13,16H,10-12H2,1-5H3. The van der Waals surface area contributed by atoms with Gasteiger partial charge in [-0.05, 0) is 31.7 Å². The van der Waals surface area contributed by atoms with Crippen molar-refractivity contribution in [2.45, 2.75) is 71.4 Å². The zero-order valence-corrected chi connectivity index (χ0v) is 14.3. The fraction of sp³-hybridized carbons (Fsp3) is 0.684. The molecule has 2 aliphatic rings.